The molecule has 1 aliphatic carbocycles. The minimum absolute atomic E-state index is 0.0429. The number of nitrogens with zero attached hydrogens (tertiary/aromatic N) is 1. The first kappa shape index (κ1) is 18.6. The number of aryl methyl sites for hydroxylation is 1. The van der Waals surface area contributed by atoms with Crippen LogP contribution in [0.1, 0.15) is 44.1 Å². The van der Waals surface area contributed by atoms with Crippen molar-refractivity contribution in [2.75, 3.05) is 10.0 Å². The molecule has 2 N–H and O–H groups in total. The maximum atomic E-state index is 13.2. The predicted molar refractivity (Wildman–Crippen MR) is 101 cm³/mol. The number of benzene rings is 1. The maximum Gasteiger partial charge on any atom is 0.263 e. The second kappa shape index (κ2) is 8.03. The average molecular weight is 377 g/mol. The first-order chi connectivity index (χ1) is 12.4. The van der Waals surface area contributed by atoms with Crippen LogP contribution in [0, 0.1) is 12.7 Å². The number of hydrogen-bond acceptors (Lipinski definition) is 4. The van der Waals surface area contributed by atoms with Gasteiger partial charge in [-0.15, -0.1) is 0 Å². The van der Waals surface area contributed by atoms with Crippen molar-refractivity contribution in [3.63, 3.8) is 0 Å². The molecule has 140 valence electrons. The molecule has 7 heteroatoms. The van der Waals surface area contributed by atoms with Gasteiger partial charge in [0.2, 0.25) is 0 Å². The third-order valence-corrected chi connectivity index (χ3v) is 6.17. The Morgan fingerprint density at radius 2 is 1.81 bits per heavy atom. The SMILES string of the molecule is Cc1cc(F)ccc1S(=O)(=O)Nc1ccc(NC2CCCCCC2)cn1. The molecule has 0 saturated heterocycles. The van der Waals surface area contributed by atoms with Crippen molar-refractivity contribution in [3.05, 3.63) is 47.9 Å². The van der Waals surface area contributed by atoms with Crippen LogP contribution in [0.25, 0.3) is 0 Å². The van der Waals surface area contributed by atoms with E-state index in [0.29, 0.717) is 11.6 Å². The fourth-order valence-electron chi connectivity index (χ4n) is 3.31. The molecule has 0 bridgehead atoms. The summed E-state index contributed by atoms with van der Waals surface area (Å²) < 4.78 is 40.6. The summed E-state index contributed by atoms with van der Waals surface area (Å²) in [6.07, 6.45) is 9.00. The molecular formula is C19H24FN3O2S. The summed E-state index contributed by atoms with van der Waals surface area (Å²) >= 11 is 0. The van der Waals surface area contributed by atoms with Crippen LogP contribution in [0.5, 0.6) is 0 Å². The number of nitrogens with one attached hydrogen (secondary N) is 2. The molecule has 1 aliphatic rings. The van der Waals surface area contributed by atoms with Crippen molar-refractivity contribution >= 4 is 21.5 Å². The van der Waals surface area contributed by atoms with E-state index in [0.717, 1.165) is 24.6 Å². The molecule has 0 unspecified atom stereocenters. The van der Waals surface area contributed by atoms with Gasteiger partial charge >= 0.3 is 0 Å². The molecule has 0 radical (unpaired) electrons. The van der Waals surface area contributed by atoms with Gasteiger partial charge in [-0.3, -0.25) is 4.72 Å². The summed E-state index contributed by atoms with van der Waals surface area (Å²) in [5.74, 6) is -0.228. The van der Waals surface area contributed by atoms with Crippen LogP contribution in [0.15, 0.2) is 41.4 Å². The van der Waals surface area contributed by atoms with Crippen LogP contribution in [0.4, 0.5) is 15.9 Å². The van der Waals surface area contributed by atoms with Crippen molar-refractivity contribution in [2.45, 2.75) is 56.4 Å². The quantitative estimate of drug-likeness (QED) is 0.755. The molecule has 1 aromatic carbocycles. The van der Waals surface area contributed by atoms with Gasteiger partial charge in [-0.25, -0.2) is 17.8 Å². The van der Waals surface area contributed by atoms with Gasteiger partial charge in [0.25, 0.3) is 10.0 Å². The van der Waals surface area contributed by atoms with E-state index in [4.69, 9.17) is 0 Å². The Kier molecular flexibility index (Phi) is 5.76. The largest absolute Gasteiger partial charge is 0.381 e. The number of halogens is 1. The van der Waals surface area contributed by atoms with Gasteiger partial charge in [0.1, 0.15) is 11.6 Å². The Morgan fingerprint density at radius 1 is 1.08 bits per heavy atom. The van der Waals surface area contributed by atoms with E-state index >= 15 is 0 Å². The van der Waals surface area contributed by atoms with Crippen LogP contribution in [0.3, 0.4) is 0 Å². The van der Waals surface area contributed by atoms with Crippen LogP contribution in [-0.4, -0.2) is 19.4 Å². The molecular weight excluding hydrogens is 353 g/mol. The lowest BCUT2D eigenvalue weighted by molar-refractivity contribution is 0.598. The number of sulfonamides is 1. The molecule has 26 heavy (non-hydrogen) atoms. The van der Waals surface area contributed by atoms with E-state index in [1.54, 1.807) is 19.2 Å². The zero-order chi connectivity index (χ0) is 18.6. The van der Waals surface area contributed by atoms with Crippen LogP contribution in [0.2, 0.25) is 0 Å². The van der Waals surface area contributed by atoms with E-state index in [1.165, 1.54) is 37.8 Å². The summed E-state index contributed by atoms with van der Waals surface area (Å²) in [5.41, 5.74) is 1.24. The molecule has 3 rings (SSSR count). The second-order valence-corrected chi connectivity index (χ2v) is 8.43. The molecule has 1 saturated carbocycles. The lowest BCUT2D eigenvalue weighted by atomic mass is 10.1. The highest BCUT2D eigenvalue weighted by Crippen LogP contribution is 2.23. The van der Waals surface area contributed by atoms with Crippen molar-refractivity contribution in [1.82, 2.24) is 4.98 Å². The fraction of sp³-hybridized carbons (Fsp3) is 0.421. The average Bonchev–Trinajstić information content (AvgIpc) is 2.84. The molecule has 0 amide bonds. The minimum atomic E-state index is -3.81. The Morgan fingerprint density at radius 3 is 2.42 bits per heavy atom. The summed E-state index contributed by atoms with van der Waals surface area (Å²) in [7, 11) is -3.81. The number of aromatic nitrogens is 1. The van der Waals surface area contributed by atoms with Gasteiger partial charge in [-0.2, -0.15) is 0 Å². The standard InChI is InChI=1S/C19H24FN3O2S/c1-14-12-15(20)8-10-18(14)26(24,25)23-19-11-9-17(13-21-19)22-16-6-4-2-3-5-7-16/h8-13,16,22H,2-7H2,1H3,(H,21,23). The zero-order valence-corrected chi connectivity index (χ0v) is 15.7. The van der Waals surface area contributed by atoms with E-state index < -0.39 is 15.8 Å². The van der Waals surface area contributed by atoms with Crippen molar-refractivity contribution in [1.29, 1.82) is 0 Å². The van der Waals surface area contributed by atoms with Crippen molar-refractivity contribution < 1.29 is 12.8 Å². The first-order valence-electron chi connectivity index (χ1n) is 8.95. The smallest absolute Gasteiger partial charge is 0.263 e. The first-order valence-corrected chi connectivity index (χ1v) is 10.4. The number of pyridine rings is 1. The monoisotopic (exact) mass is 377 g/mol. The molecule has 0 spiro atoms. The van der Waals surface area contributed by atoms with E-state index in [1.807, 2.05) is 6.07 Å². The zero-order valence-electron chi connectivity index (χ0n) is 14.8. The van der Waals surface area contributed by atoms with Gasteiger partial charge in [0, 0.05) is 6.04 Å². The van der Waals surface area contributed by atoms with E-state index in [2.05, 4.69) is 15.0 Å². The Balaban J connectivity index is 1.68. The minimum Gasteiger partial charge on any atom is -0.381 e. The fourth-order valence-corrected chi connectivity index (χ4v) is 4.54. The Bertz CT molecular complexity index is 846. The summed E-state index contributed by atoms with van der Waals surface area (Å²) in [4.78, 5) is 4.24. The van der Waals surface area contributed by atoms with Gasteiger partial charge in [-0.05, 0) is 55.7 Å². The molecule has 2 aromatic rings. The Hall–Kier alpha value is -2.15. The lowest BCUT2D eigenvalue weighted by Gasteiger charge is -2.17. The highest BCUT2D eigenvalue weighted by atomic mass is 32.2. The van der Waals surface area contributed by atoms with E-state index in [9.17, 15) is 12.8 Å². The third-order valence-electron chi connectivity index (χ3n) is 4.65. The number of rotatable bonds is 5. The van der Waals surface area contributed by atoms with Crippen LogP contribution < -0.4 is 10.0 Å². The highest BCUT2D eigenvalue weighted by molar-refractivity contribution is 7.92. The summed E-state index contributed by atoms with van der Waals surface area (Å²) in [6, 6.07) is 7.50. The normalized spacial score (nSPS) is 16.1. The van der Waals surface area contributed by atoms with Crippen molar-refractivity contribution in [3.8, 4) is 0 Å². The van der Waals surface area contributed by atoms with Crippen LogP contribution in [-0.2, 0) is 10.0 Å². The van der Waals surface area contributed by atoms with Gasteiger partial charge in [0.05, 0.1) is 16.8 Å². The molecule has 1 aromatic heterocycles. The lowest BCUT2D eigenvalue weighted by Crippen LogP contribution is -2.18. The second-order valence-electron chi connectivity index (χ2n) is 6.78. The molecule has 1 heterocycles. The number of anilines is 2. The topological polar surface area (TPSA) is 71.1 Å². The summed E-state index contributed by atoms with van der Waals surface area (Å²) in [5, 5.41) is 3.48. The van der Waals surface area contributed by atoms with E-state index in [-0.39, 0.29) is 10.7 Å². The molecule has 5 nitrogen and oxygen atoms in total. The maximum absolute atomic E-state index is 13.2. The third kappa shape index (κ3) is 4.72. The molecule has 0 aliphatic heterocycles. The van der Waals surface area contributed by atoms with Gasteiger partial charge < -0.3 is 5.32 Å². The molecule has 0 atom stereocenters. The Labute approximate surface area is 154 Å². The number of hydrogen-bond donors (Lipinski definition) is 2. The predicted octanol–water partition coefficient (Wildman–Crippen LogP) is 4.46. The van der Waals surface area contributed by atoms with Gasteiger partial charge in [0.15, 0.2) is 0 Å². The van der Waals surface area contributed by atoms with Crippen molar-refractivity contribution in [2.24, 2.45) is 0 Å². The van der Waals surface area contributed by atoms with Gasteiger partial charge in [-0.1, -0.05) is 25.7 Å². The molecule has 1 fully saturated rings. The highest BCUT2D eigenvalue weighted by Gasteiger charge is 2.18. The van der Waals surface area contributed by atoms with Crippen LogP contribution >= 0.6 is 0 Å². The summed E-state index contributed by atoms with van der Waals surface area (Å²) in [6.45, 7) is 1.56.